The van der Waals surface area contributed by atoms with Crippen molar-refractivity contribution < 1.29 is 9.53 Å². The summed E-state index contributed by atoms with van der Waals surface area (Å²) >= 11 is 25.2. The van der Waals surface area contributed by atoms with E-state index in [1.54, 1.807) is 48.0 Å². The molecule has 2 aromatic carbocycles. The molecular weight excluding hydrogens is 478 g/mol. The minimum Gasteiger partial charge on any atom is -0.484 e. The Kier molecular flexibility index (Phi) is 7.54. The van der Waals surface area contributed by atoms with Crippen molar-refractivity contribution in [1.29, 1.82) is 0 Å². The van der Waals surface area contributed by atoms with E-state index in [1.807, 2.05) is 0 Å². The monoisotopic (exact) mass is 490 g/mol. The van der Waals surface area contributed by atoms with Gasteiger partial charge in [-0.25, -0.2) is 0 Å². The van der Waals surface area contributed by atoms with Crippen molar-refractivity contribution >= 4 is 69.8 Å². The molecular formula is C18H14Cl4N4O2S. The number of nitrogens with zero attached hydrogens (tertiary/aromatic N) is 3. The Morgan fingerprint density at radius 1 is 1.07 bits per heavy atom. The maximum atomic E-state index is 12.2. The number of aromatic nitrogens is 3. The van der Waals surface area contributed by atoms with Crippen molar-refractivity contribution in [2.24, 2.45) is 7.05 Å². The van der Waals surface area contributed by atoms with E-state index >= 15 is 0 Å². The first-order valence-electron chi connectivity index (χ1n) is 8.17. The van der Waals surface area contributed by atoms with Gasteiger partial charge in [-0.15, -0.1) is 10.2 Å². The van der Waals surface area contributed by atoms with Crippen molar-refractivity contribution in [1.82, 2.24) is 14.8 Å². The van der Waals surface area contributed by atoms with E-state index in [4.69, 9.17) is 51.1 Å². The number of thioether (sulfide) groups is 1. The third-order valence-electron chi connectivity index (χ3n) is 3.71. The van der Waals surface area contributed by atoms with Crippen molar-refractivity contribution in [3.8, 4) is 5.75 Å². The molecule has 1 heterocycles. The molecule has 1 aromatic heterocycles. The molecule has 0 atom stereocenters. The number of amides is 1. The number of hydrogen-bond donors (Lipinski definition) is 1. The third kappa shape index (κ3) is 5.93. The third-order valence-corrected chi connectivity index (χ3v) is 5.84. The van der Waals surface area contributed by atoms with E-state index < -0.39 is 0 Å². The summed E-state index contributed by atoms with van der Waals surface area (Å²) in [7, 11) is 1.78. The van der Waals surface area contributed by atoms with Crippen molar-refractivity contribution in [2.75, 3.05) is 11.1 Å². The van der Waals surface area contributed by atoms with E-state index in [9.17, 15) is 4.79 Å². The van der Waals surface area contributed by atoms with E-state index in [1.165, 1.54) is 11.8 Å². The van der Waals surface area contributed by atoms with Gasteiger partial charge in [-0.2, -0.15) is 0 Å². The molecule has 0 radical (unpaired) electrons. The summed E-state index contributed by atoms with van der Waals surface area (Å²) in [6.45, 7) is 0.147. The maximum Gasteiger partial charge on any atom is 0.234 e. The molecule has 3 rings (SSSR count). The Bertz CT molecular complexity index is 1040. The van der Waals surface area contributed by atoms with Gasteiger partial charge >= 0.3 is 0 Å². The number of hydrogen-bond acceptors (Lipinski definition) is 5. The molecule has 0 aliphatic carbocycles. The number of anilines is 1. The Balaban J connectivity index is 1.57. The highest BCUT2D eigenvalue weighted by Gasteiger charge is 2.14. The van der Waals surface area contributed by atoms with Crippen LogP contribution in [0.4, 0.5) is 5.69 Å². The van der Waals surface area contributed by atoms with Gasteiger partial charge in [0.05, 0.1) is 21.5 Å². The van der Waals surface area contributed by atoms with E-state index in [0.717, 1.165) is 0 Å². The topological polar surface area (TPSA) is 69.0 Å². The lowest BCUT2D eigenvalue weighted by Crippen LogP contribution is -2.15. The summed E-state index contributed by atoms with van der Waals surface area (Å²) in [5.41, 5.74) is 0.454. The van der Waals surface area contributed by atoms with Crippen molar-refractivity contribution in [2.45, 2.75) is 11.8 Å². The first-order valence-corrected chi connectivity index (χ1v) is 10.7. The van der Waals surface area contributed by atoms with Gasteiger partial charge in [0.15, 0.2) is 11.0 Å². The van der Waals surface area contributed by atoms with Gasteiger partial charge in [-0.3, -0.25) is 4.79 Å². The summed E-state index contributed by atoms with van der Waals surface area (Å²) in [4.78, 5) is 12.2. The van der Waals surface area contributed by atoms with Crippen LogP contribution in [-0.2, 0) is 18.4 Å². The van der Waals surface area contributed by atoms with Crippen LogP contribution in [0.3, 0.4) is 0 Å². The summed E-state index contributed by atoms with van der Waals surface area (Å²) in [5, 5.41) is 13.3. The molecule has 0 aliphatic rings. The summed E-state index contributed by atoms with van der Waals surface area (Å²) < 4.78 is 7.41. The number of nitrogens with one attached hydrogen (secondary N) is 1. The number of ether oxygens (including phenoxy) is 1. The summed E-state index contributed by atoms with van der Waals surface area (Å²) in [6, 6.07) is 9.81. The zero-order chi connectivity index (χ0) is 21.0. The summed E-state index contributed by atoms with van der Waals surface area (Å²) in [6.07, 6.45) is 0. The SMILES string of the molecule is Cn1c(COc2cc(Cl)ccc2Cl)nnc1SCC(=O)Nc1cc(Cl)ccc1Cl. The fourth-order valence-corrected chi connectivity index (χ4v) is 3.64. The molecule has 1 amide bonds. The lowest BCUT2D eigenvalue weighted by molar-refractivity contribution is -0.113. The zero-order valence-electron chi connectivity index (χ0n) is 15.0. The maximum absolute atomic E-state index is 12.2. The van der Waals surface area contributed by atoms with Crippen LogP contribution in [0, 0.1) is 0 Å². The first-order chi connectivity index (χ1) is 13.8. The molecule has 11 heteroatoms. The molecule has 0 saturated heterocycles. The average Bonchev–Trinajstić information content (AvgIpc) is 3.03. The molecule has 0 unspecified atom stereocenters. The predicted molar refractivity (Wildman–Crippen MR) is 118 cm³/mol. The van der Waals surface area contributed by atoms with Gasteiger partial charge in [-0.1, -0.05) is 58.2 Å². The second-order valence-corrected chi connectivity index (χ2v) is 8.41. The highest BCUT2D eigenvalue weighted by molar-refractivity contribution is 7.99. The number of rotatable bonds is 7. The minimum atomic E-state index is -0.245. The standard InChI is InChI=1S/C18H14Cl4N4O2S/c1-26-16(8-28-15-7-11(20)3-5-13(15)22)24-25-18(26)29-9-17(27)23-14-6-10(19)2-4-12(14)21/h2-7H,8-9H2,1H3,(H,23,27). The second-order valence-electron chi connectivity index (χ2n) is 5.78. The van der Waals surface area contributed by atoms with Crippen LogP contribution in [0.2, 0.25) is 20.1 Å². The second kappa shape index (κ2) is 9.91. The molecule has 29 heavy (non-hydrogen) atoms. The van der Waals surface area contributed by atoms with Crippen LogP contribution in [0.25, 0.3) is 0 Å². The fraction of sp³-hybridized carbons (Fsp3) is 0.167. The van der Waals surface area contributed by atoms with Gasteiger partial charge in [-0.05, 0) is 30.3 Å². The van der Waals surface area contributed by atoms with Crippen LogP contribution < -0.4 is 10.1 Å². The highest BCUT2D eigenvalue weighted by Crippen LogP contribution is 2.29. The van der Waals surface area contributed by atoms with Gasteiger partial charge in [0, 0.05) is 23.2 Å². The quantitative estimate of drug-likeness (QED) is 0.427. The lowest BCUT2D eigenvalue weighted by Gasteiger charge is -2.09. The van der Waals surface area contributed by atoms with Crippen LogP contribution in [0.15, 0.2) is 41.6 Å². The van der Waals surface area contributed by atoms with Gasteiger partial charge in [0.25, 0.3) is 0 Å². The van der Waals surface area contributed by atoms with Gasteiger partial charge < -0.3 is 14.6 Å². The molecule has 0 bridgehead atoms. The normalized spacial score (nSPS) is 10.8. The van der Waals surface area contributed by atoms with Gasteiger partial charge in [0.2, 0.25) is 5.91 Å². The Labute approximate surface area is 191 Å². The van der Waals surface area contributed by atoms with E-state index in [-0.39, 0.29) is 18.3 Å². The predicted octanol–water partition coefficient (Wildman–Crippen LogP) is 5.74. The molecule has 0 spiro atoms. The Hall–Kier alpha value is -1.64. The van der Waals surface area contributed by atoms with Crippen molar-refractivity contribution in [3.63, 3.8) is 0 Å². The minimum absolute atomic E-state index is 0.121. The highest BCUT2D eigenvalue weighted by atomic mass is 35.5. The molecule has 0 fully saturated rings. The average molecular weight is 492 g/mol. The van der Waals surface area contributed by atoms with E-state index in [0.29, 0.717) is 42.5 Å². The molecule has 3 aromatic rings. The van der Waals surface area contributed by atoms with Crippen LogP contribution in [0.5, 0.6) is 5.75 Å². The first kappa shape index (κ1) is 22.1. The molecule has 0 aliphatic heterocycles. The Morgan fingerprint density at radius 3 is 2.52 bits per heavy atom. The number of carbonyl (C=O) groups excluding carboxylic acids is 1. The largest absolute Gasteiger partial charge is 0.484 e. The fourth-order valence-electron chi connectivity index (χ4n) is 2.24. The Morgan fingerprint density at radius 2 is 1.76 bits per heavy atom. The molecule has 1 N–H and O–H groups in total. The lowest BCUT2D eigenvalue weighted by atomic mass is 10.3. The smallest absolute Gasteiger partial charge is 0.234 e. The van der Waals surface area contributed by atoms with Crippen LogP contribution in [-0.4, -0.2) is 26.4 Å². The number of halogens is 4. The molecule has 152 valence electrons. The van der Waals surface area contributed by atoms with Crippen LogP contribution in [0.1, 0.15) is 5.82 Å². The molecule has 6 nitrogen and oxygen atoms in total. The van der Waals surface area contributed by atoms with Gasteiger partial charge in [0.1, 0.15) is 12.4 Å². The number of benzene rings is 2. The zero-order valence-corrected chi connectivity index (χ0v) is 18.8. The molecule has 0 saturated carbocycles. The van der Waals surface area contributed by atoms with Crippen LogP contribution >= 0.6 is 58.2 Å². The van der Waals surface area contributed by atoms with Crippen molar-refractivity contribution in [3.05, 3.63) is 62.3 Å². The summed E-state index contributed by atoms with van der Waals surface area (Å²) in [5.74, 6) is 0.900. The van der Waals surface area contributed by atoms with E-state index in [2.05, 4.69) is 15.5 Å². The number of carbonyl (C=O) groups is 1.